The Labute approximate surface area is 67.8 Å². The number of hydrogen-bond acceptors (Lipinski definition) is 0. The summed E-state index contributed by atoms with van der Waals surface area (Å²) in [5.74, 6) is 0. The summed E-state index contributed by atoms with van der Waals surface area (Å²) in [6.07, 6.45) is 0. The van der Waals surface area contributed by atoms with Gasteiger partial charge in [-0.3, -0.25) is 0 Å². The first-order valence-corrected chi connectivity index (χ1v) is 12.1. The number of halogens is 2. The van der Waals surface area contributed by atoms with Crippen molar-refractivity contribution in [3.05, 3.63) is 30.3 Å². The van der Waals surface area contributed by atoms with Crippen LogP contribution in [-0.2, 0) is 14.0 Å². The molecule has 45 valence electrons. The maximum absolute atomic E-state index is 5.78. The predicted octanol–water partition coefficient (Wildman–Crippen LogP) is 2.24. The summed E-state index contributed by atoms with van der Waals surface area (Å²) in [4.78, 5) is 0. The van der Waals surface area contributed by atoms with Crippen molar-refractivity contribution in [3.8, 4) is 0 Å². The molecule has 0 atom stereocenters. The molecule has 0 nitrogen and oxygen atoms in total. The topological polar surface area (TPSA) is 0 Å². The summed E-state index contributed by atoms with van der Waals surface area (Å²) in [6.45, 7) is 0. The van der Waals surface area contributed by atoms with Crippen molar-refractivity contribution in [3.63, 3.8) is 0 Å². The molecule has 0 saturated heterocycles. The third-order valence-electron chi connectivity index (χ3n) is 1.15. The molecule has 0 N–H and O–H groups in total. The van der Waals surface area contributed by atoms with Crippen molar-refractivity contribution in [2.45, 2.75) is 0 Å². The summed E-state index contributed by atoms with van der Waals surface area (Å²) in [5.41, 5.74) is 0. The Hall–Kier alpha value is 0.423. The van der Waals surface area contributed by atoms with Crippen molar-refractivity contribution < 1.29 is 14.0 Å². The van der Waals surface area contributed by atoms with Gasteiger partial charge in [0.25, 0.3) is 0 Å². The van der Waals surface area contributed by atoms with Gasteiger partial charge >= 0.3 is 67.8 Å². The fourth-order valence-corrected chi connectivity index (χ4v) is 3.83. The van der Waals surface area contributed by atoms with Crippen LogP contribution in [0.4, 0.5) is 0 Å². The van der Waals surface area contributed by atoms with E-state index in [-0.39, 0.29) is 0 Å². The second kappa shape index (κ2) is 3.56. The summed E-state index contributed by atoms with van der Waals surface area (Å²) < 4.78 is 1.15. The zero-order chi connectivity index (χ0) is 6.69. The van der Waals surface area contributed by atoms with Gasteiger partial charge < -0.3 is 0 Å². The van der Waals surface area contributed by atoms with Gasteiger partial charge in [0.1, 0.15) is 0 Å². The molecule has 0 unspecified atom stereocenters. The Morgan fingerprint density at radius 3 is 1.89 bits per heavy atom. The summed E-state index contributed by atoms with van der Waals surface area (Å²) >= 11 is -2.18. The van der Waals surface area contributed by atoms with Gasteiger partial charge in [-0.2, -0.15) is 0 Å². The molecule has 1 aromatic carbocycles. The molecule has 1 rings (SSSR count). The number of hydrogen-bond donors (Lipinski definition) is 0. The average molecular weight is 213 g/mol. The van der Waals surface area contributed by atoms with Crippen LogP contribution in [0.5, 0.6) is 0 Å². The molecule has 3 heteroatoms. The molecule has 0 aliphatic rings. The summed E-state index contributed by atoms with van der Waals surface area (Å²) in [6, 6.07) is 9.86. The van der Waals surface area contributed by atoms with E-state index in [1.54, 1.807) is 0 Å². The van der Waals surface area contributed by atoms with E-state index in [0.717, 1.165) is 4.16 Å². The van der Waals surface area contributed by atoms with E-state index in [1.807, 2.05) is 30.3 Å². The first-order chi connectivity index (χ1) is 4.30. The molecule has 0 radical (unpaired) electrons. The molecule has 0 aliphatic carbocycles. The molecule has 0 saturated carbocycles. The number of benzene rings is 1. The minimum absolute atomic E-state index is 1.15. The van der Waals surface area contributed by atoms with Crippen molar-refractivity contribution in [1.82, 2.24) is 0 Å². The molecular formula is C6H5Cl2Zn. The van der Waals surface area contributed by atoms with Crippen LogP contribution < -0.4 is 4.16 Å². The van der Waals surface area contributed by atoms with Gasteiger partial charge in [-0.05, 0) is 0 Å². The van der Waals surface area contributed by atoms with Gasteiger partial charge in [-0.1, -0.05) is 0 Å². The first-order valence-electron chi connectivity index (χ1n) is 2.80. The van der Waals surface area contributed by atoms with Crippen LogP contribution in [-0.4, -0.2) is 0 Å². The van der Waals surface area contributed by atoms with Crippen LogP contribution in [0.3, 0.4) is 0 Å². The molecule has 1 aromatic rings. The van der Waals surface area contributed by atoms with E-state index in [4.69, 9.17) is 19.4 Å². The van der Waals surface area contributed by atoms with Gasteiger partial charge in [0.15, 0.2) is 0 Å². The van der Waals surface area contributed by atoms with E-state index in [1.165, 1.54) is 0 Å². The molecule has 0 spiro atoms. The molecule has 0 aliphatic heterocycles. The fourth-order valence-electron chi connectivity index (χ4n) is 0.656. The molecule has 0 fully saturated rings. The van der Waals surface area contributed by atoms with Crippen LogP contribution in [0.25, 0.3) is 0 Å². The molecule has 0 heterocycles. The van der Waals surface area contributed by atoms with Crippen molar-refractivity contribution >= 4 is 23.5 Å². The SMILES string of the molecule is [Cl][Zn]([Cl])[c]1ccccc1. The Kier molecular flexibility index (Phi) is 2.98. The van der Waals surface area contributed by atoms with Gasteiger partial charge in [0.05, 0.1) is 0 Å². The normalized spacial score (nSPS) is 9.11. The van der Waals surface area contributed by atoms with Crippen molar-refractivity contribution in [2.24, 2.45) is 0 Å². The average Bonchev–Trinajstić information content (AvgIpc) is 1.90. The monoisotopic (exact) mass is 211 g/mol. The van der Waals surface area contributed by atoms with Gasteiger partial charge in [-0.25, -0.2) is 0 Å². The second-order valence-corrected chi connectivity index (χ2v) is 12.1. The second-order valence-electron chi connectivity index (χ2n) is 1.85. The molecule has 0 amide bonds. The Bertz CT molecular complexity index is 174. The van der Waals surface area contributed by atoms with Gasteiger partial charge in [0.2, 0.25) is 0 Å². The minimum atomic E-state index is -2.18. The Morgan fingerprint density at radius 2 is 1.56 bits per heavy atom. The number of rotatable bonds is 1. The maximum atomic E-state index is 5.78. The van der Waals surface area contributed by atoms with Crippen molar-refractivity contribution in [2.75, 3.05) is 0 Å². The molecular weight excluding hydrogens is 208 g/mol. The van der Waals surface area contributed by atoms with Crippen LogP contribution in [0.2, 0.25) is 0 Å². The van der Waals surface area contributed by atoms with Gasteiger partial charge in [-0.15, -0.1) is 0 Å². The van der Waals surface area contributed by atoms with Crippen LogP contribution in [0, 0.1) is 0 Å². The van der Waals surface area contributed by atoms with Crippen LogP contribution in [0.15, 0.2) is 30.3 Å². The molecule has 9 heavy (non-hydrogen) atoms. The van der Waals surface area contributed by atoms with E-state index >= 15 is 0 Å². The van der Waals surface area contributed by atoms with E-state index in [2.05, 4.69) is 0 Å². The standard InChI is InChI=1S/C6H5.2ClH.Zn/c1-2-4-6-5-3-1;;;/h1-5H;2*1H;/q;;;+2/p-2. The van der Waals surface area contributed by atoms with E-state index in [9.17, 15) is 0 Å². The van der Waals surface area contributed by atoms with Crippen molar-refractivity contribution in [1.29, 1.82) is 0 Å². The molecule has 0 aromatic heterocycles. The van der Waals surface area contributed by atoms with E-state index < -0.39 is 14.0 Å². The summed E-state index contributed by atoms with van der Waals surface area (Å²) in [7, 11) is 11.6. The zero-order valence-corrected chi connectivity index (χ0v) is 9.33. The third kappa shape index (κ3) is 2.25. The summed E-state index contributed by atoms with van der Waals surface area (Å²) in [5, 5.41) is 0. The third-order valence-corrected chi connectivity index (χ3v) is 6.64. The van der Waals surface area contributed by atoms with E-state index in [0.29, 0.717) is 0 Å². The Balaban J connectivity index is 2.85. The predicted molar refractivity (Wildman–Crippen MR) is 37.8 cm³/mol. The fraction of sp³-hybridized carbons (Fsp3) is 0. The zero-order valence-electron chi connectivity index (χ0n) is 4.85. The first kappa shape index (κ1) is 7.53. The Morgan fingerprint density at radius 1 is 1.00 bits per heavy atom. The molecule has 0 bridgehead atoms. The van der Waals surface area contributed by atoms with Crippen LogP contribution >= 0.6 is 19.4 Å². The van der Waals surface area contributed by atoms with Gasteiger partial charge in [0, 0.05) is 0 Å². The van der Waals surface area contributed by atoms with Crippen LogP contribution in [0.1, 0.15) is 0 Å². The quantitative estimate of drug-likeness (QED) is 0.628.